The lowest BCUT2D eigenvalue weighted by molar-refractivity contribution is 0.0915. The van der Waals surface area contributed by atoms with Crippen molar-refractivity contribution in [2.45, 2.75) is 39.5 Å². The molecule has 0 saturated carbocycles. The van der Waals surface area contributed by atoms with Gasteiger partial charge in [-0.25, -0.2) is 0 Å². The Labute approximate surface area is 155 Å². The van der Waals surface area contributed by atoms with Crippen LogP contribution in [0.3, 0.4) is 0 Å². The second kappa shape index (κ2) is 9.76. The lowest BCUT2D eigenvalue weighted by atomic mass is 9.97. The third-order valence-corrected chi connectivity index (χ3v) is 4.22. The topological polar surface area (TPSA) is 52.6 Å². The van der Waals surface area contributed by atoms with Crippen molar-refractivity contribution in [2.24, 2.45) is 0 Å². The molecule has 0 aliphatic carbocycles. The minimum Gasteiger partial charge on any atom is -0.496 e. The maximum absolute atomic E-state index is 12.4. The quantitative estimate of drug-likeness (QED) is 0.693. The Kier molecular flexibility index (Phi) is 7.39. The van der Waals surface area contributed by atoms with E-state index in [1.54, 1.807) is 24.3 Å². The van der Waals surface area contributed by atoms with Gasteiger partial charge in [0.2, 0.25) is 0 Å². The van der Waals surface area contributed by atoms with Crippen molar-refractivity contribution in [3.05, 3.63) is 59.2 Å². The second-order valence-electron chi connectivity index (χ2n) is 5.82. The molecule has 3 rings (SSSR count). The third-order valence-electron chi connectivity index (χ3n) is 4.22. The number of fused-ring (bicyclic) bond motifs is 1. The van der Waals surface area contributed by atoms with Crippen LogP contribution < -0.4 is 9.47 Å². The van der Waals surface area contributed by atoms with E-state index in [9.17, 15) is 9.59 Å². The molecule has 4 heteroatoms. The smallest absolute Gasteiger partial charge is 0.167 e. The van der Waals surface area contributed by atoms with Crippen LogP contribution in [-0.4, -0.2) is 25.3 Å². The van der Waals surface area contributed by atoms with Gasteiger partial charge in [-0.15, -0.1) is 0 Å². The highest BCUT2D eigenvalue weighted by atomic mass is 16.5. The molecule has 0 radical (unpaired) electrons. The minimum absolute atomic E-state index is 0.0216. The predicted octanol–water partition coefficient (Wildman–Crippen LogP) is 4.89. The number of ether oxygens (including phenoxy) is 2. The third kappa shape index (κ3) is 4.72. The van der Waals surface area contributed by atoms with Crippen molar-refractivity contribution in [3.8, 4) is 11.5 Å². The van der Waals surface area contributed by atoms with Crippen LogP contribution in [0.2, 0.25) is 0 Å². The predicted molar refractivity (Wildman–Crippen MR) is 102 cm³/mol. The molecule has 0 saturated heterocycles. The SMILES string of the molecule is CC.COc1ccccc1C(=O)CCC(=O)c1ccc2c(c1)CCCO2. The molecule has 1 aliphatic rings. The van der Waals surface area contributed by atoms with Crippen molar-refractivity contribution in [3.63, 3.8) is 0 Å². The Morgan fingerprint density at radius 3 is 2.54 bits per heavy atom. The Morgan fingerprint density at radius 2 is 1.77 bits per heavy atom. The van der Waals surface area contributed by atoms with E-state index in [1.165, 1.54) is 7.11 Å². The zero-order valence-corrected chi connectivity index (χ0v) is 15.7. The average Bonchev–Trinajstić information content (AvgIpc) is 2.72. The largest absolute Gasteiger partial charge is 0.496 e. The summed E-state index contributed by atoms with van der Waals surface area (Å²) in [5.41, 5.74) is 2.24. The van der Waals surface area contributed by atoms with Crippen LogP contribution in [0, 0.1) is 0 Å². The Balaban J connectivity index is 0.00000117. The molecule has 4 nitrogen and oxygen atoms in total. The molecule has 0 atom stereocenters. The number of ketones is 2. The molecular weight excluding hydrogens is 328 g/mol. The summed E-state index contributed by atoms with van der Waals surface area (Å²) in [4.78, 5) is 24.7. The highest BCUT2D eigenvalue weighted by molar-refractivity contribution is 6.03. The molecule has 0 bridgehead atoms. The molecule has 0 fully saturated rings. The first-order chi connectivity index (χ1) is 12.7. The highest BCUT2D eigenvalue weighted by Crippen LogP contribution is 2.26. The fourth-order valence-electron chi connectivity index (χ4n) is 2.91. The summed E-state index contributed by atoms with van der Waals surface area (Å²) in [7, 11) is 1.53. The van der Waals surface area contributed by atoms with Crippen LogP contribution in [0.5, 0.6) is 11.5 Å². The first-order valence-corrected chi connectivity index (χ1v) is 9.14. The fourth-order valence-corrected chi connectivity index (χ4v) is 2.91. The minimum atomic E-state index is -0.0814. The van der Waals surface area contributed by atoms with Gasteiger partial charge in [0.05, 0.1) is 19.3 Å². The molecule has 0 unspecified atom stereocenters. The summed E-state index contributed by atoms with van der Waals surface area (Å²) in [6.45, 7) is 4.73. The summed E-state index contributed by atoms with van der Waals surface area (Å²) < 4.78 is 10.8. The van der Waals surface area contributed by atoms with Crippen molar-refractivity contribution in [1.82, 2.24) is 0 Å². The summed E-state index contributed by atoms with van der Waals surface area (Å²) in [6, 6.07) is 12.6. The van der Waals surface area contributed by atoms with Crippen molar-refractivity contribution in [2.75, 3.05) is 13.7 Å². The van der Waals surface area contributed by atoms with E-state index in [0.29, 0.717) is 16.9 Å². The maximum Gasteiger partial charge on any atom is 0.167 e. The number of para-hydroxylation sites is 1. The number of rotatable bonds is 6. The van der Waals surface area contributed by atoms with E-state index in [-0.39, 0.29) is 24.4 Å². The standard InChI is InChI=1S/C20H20O4.C2H6/c1-23-20-7-3-2-6-16(20)18(22)10-9-17(21)14-8-11-19-15(13-14)5-4-12-24-19;1-2/h2-3,6-8,11,13H,4-5,9-10,12H2,1H3;1-2H3. The van der Waals surface area contributed by atoms with Crippen LogP contribution in [0.25, 0.3) is 0 Å². The van der Waals surface area contributed by atoms with Gasteiger partial charge in [0.25, 0.3) is 0 Å². The first kappa shape index (κ1) is 19.7. The zero-order valence-electron chi connectivity index (χ0n) is 15.7. The zero-order chi connectivity index (χ0) is 18.9. The van der Waals surface area contributed by atoms with Gasteiger partial charge in [-0.2, -0.15) is 0 Å². The van der Waals surface area contributed by atoms with E-state index < -0.39 is 0 Å². The molecular formula is C22H26O4. The van der Waals surface area contributed by atoms with E-state index >= 15 is 0 Å². The molecule has 0 N–H and O–H groups in total. The molecule has 2 aromatic carbocycles. The Bertz CT molecular complexity index is 764. The summed E-state index contributed by atoms with van der Waals surface area (Å²) in [5.74, 6) is 1.30. The summed E-state index contributed by atoms with van der Waals surface area (Å²) >= 11 is 0. The van der Waals surface area contributed by atoms with E-state index in [1.807, 2.05) is 32.0 Å². The molecule has 1 heterocycles. The normalized spacial score (nSPS) is 12.1. The molecule has 0 aromatic heterocycles. The van der Waals surface area contributed by atoms with Gasteiger partial charge in [-0.1, -0.05) is 26.0 Å². The number of benzene rings is 2. The molecule has 0 amide bonds. The Morgan fingerprint density at radius 1 is 1.04 bits per heavy atom. The van der Waals surface area contributed by atoms with Gasteiger partial charge < -0.3 is 9.47 Å². The van der Waals surface area contributed by atoms with E-state index in [2.05, 4.69) is 0 Å². The monoisotopic (exact) mass is 354 g/mol. The summed E-state index contributed by atoms with van der Waals surface area (Å²) in [5, 5.41) is 0. The lowest BCUT2D eigenvalue weighted by Crippen LogP contribution is -2.10. The van der Waals surface area contributed by atoms with Crippen molar-refractivity contribution in [1.29, 1.82) is 0 Å². The van der Waals surface area contributed by atoms with Crippen molar-refractivity contribution < 1.29 is 19.1 Å². The van der Waals surface area contributed by atoms with E-state index in [4.69, 9.17) is 9.47 Å². The van der Waals surface area contributed by atoms with Crippen LogP contribution in [-0.2, 0) is 6.42 Å². The Hall–Kier alpha value is -2.62. The fraction of sp³-hybridized carbons (Fsp3) is 0.364. The molecule has 138 valence electrons. The summed E-state index contributed by atoms with van der Waals surface area (Å²) in [6.07, 6.45) is 2.26. The van der Waals surface area contributed by atoms with Gasteiger partial charge in [0, 0.05) is 18.4 Å². The van der Waals surface area contributed by atoms with Crippen molar-refractivity contribution >= 4 is 11.6 Å². The van der Waals surface area contributed by atoms with Crippen LogP contribution in [0.4, 0.5) is 0 Å². The number of hydrogen-bond donors (Lipinski definition) is 0. The average molecular weight is 354 g/mol. The van der Waals surface area contributed by atoms with Gasteiger partial charge in [0.1, 0.15) is 11.5 Å². The van der Waals surface area contributed by atoms with Crippen LogP contribution in [0.15, 0.2) is 42.5 Å². The maximum atomic E-state index is 12.4. The molecule has 1 aliphatic heterocycles. The first-order valence-electron chi connectivity index (χ1n) is 9.14. The molecule has 0 spiro atoms. The van der Waals surface area contributed by atoms with Gasteiger partial charge in [-0.3, -0.25) is 9.59 Å². The number of carbonyl (C=O) groups excluding carboxylic acids is 2. The van der Waals surface area contributed by atoms with Crippen LogP contribution in [0.1, 0.15) is 59.4 Å². The van der Waals surface area contributed by atoms with Gasteiger partial charge in [-0.05, 0) is 48.7 Å². The number of aryl methyl sites for hydroxylation is 1. The molecule has 2 aromatic rings. The van der Waals surface area contributed by atoms with Gasteiger partial charge in [0.15, 0.2) is 11.6 Å². The number of hydrogen-bond acceptors (Lipinski definition) is 4. The van der Waals surface area contributed by atoms with Crippen LogP contribution >= 0.6 is 0 Å². The number of methoxy groups -OCH3 is 1. The lowest BCUT2D eigenvalue weighted by Gasteiger charge is -2.17. The molecule has 26 heavy (non-hydrogen) atoms. The van der Waals surface area contributed by atoms with Gasteiger partial charge >= 0.3 is 0 Å². The second-order valence-corrected chi connectivity index (χ2v) is 5.82. The highest BCUT2D eigenvalue weighted by Gasteiger charge is 2.16. The number of Topliss-reactive ketones (excluding diaryl/α,β-unsaturated/α-hetero) is 2. The number of carbonyl (C=O) groups is 2. The van der Waals surface area contributed by atoms with E-state index in [0.717, 1.165) is 30.8 Å².